The Bertz CT molecular complexity index is 1920. The molecule has 0 fully saturated rings. The van der Waals surface area contributed by atoms with Crippen molar-refractivity contribution >= 4 is 29.2 Å². The molecule has 2 heterocycles. The number of terminal acetylenes is 1. The average molecular weight is 586 g/mol. The van der Waals surface area contributed by atoms with E-state index in [4.69, 9.17) is 18.0 Å². The van der Waals surface area contributed by atoms with Crippen LogP contribution in [0.5, 0.6) is 0 Å². The first-order valence-corrected chi connectivity index (χ1v) is 13.2. The lowest BCUT2D eigenvalue weighted by Crippen LogP contribution is -2.48. The van der Waals surface area contributed by atoms with Crippen molar-refractivity contribution in [3.05, 3.63) is 16.5 Å². The van der Waals surface area contributed by atoms with E-state index in [2.05, 4.69) is 139 Å². The maximum Gasteiger partial charge on any atom is 0.327 e. The van der Waals surface area contributed by atoms with Crippen LogP contribution in [0.25, 0.3) is 5.65 Å². The Balaban J connectivity index is 1.87. The van der Waals surface area contributed by atoms with Gasteiger partial charge in [-0.25, -0.2) is 9.31 Å². The predicted molar refractivity (Wildman–Crippen MR) is 164 cm³/mol. The number of urea groups is 1. The number of carbonyl (C=O) groups is 2. The summed E-state index contributed by atoms with van der Waals surface area (Å²) in [5, 5.41) is 19.7. The first-order valence-electron chi connectivity index (χ1n) is 12.8. The molecule has 9 nitrogen and oxygen atoms in total. The van der Waals surface area contributed by atoms with Crippen molar-refractivity contribution in [2.24, 2.45) is 0 Å². The number of halogens is 1. The van der Waals surface area contributed by atoms with E-state index in [1.165, 1.54) is 0 Å². The van der Waals surface area contributed by atoms with Crippen LogP contribution in [0.1, 0.15) is 57.1 Å². The summed E-state index contributed by atoms with van der Waals surface area (Å²) in [6.45, 7) is 5.47. The number of unbranched alkanes of at least 4 members (excludes halogenated alkanes) is 2. The summed E-state index contributed by atoms with van der Waals surface area (Å²) in [5.41, 5.74) is 1.22. The zero-order valence-electron chi connectivity index (χ0n) is 23.6. The Morgan fingerprint density at radius 2 is 1.44 bits per heavy atom. The van der Waals surface area contributed by atoms with Crippen molar-refractivity contribution in [2.75, 3.05) is 0 Å². The molecule has 4 N–H and O–H groups in total. The van der Waals surface area contributed by atoms with Crippen LogP contribution in [-0.2, 0) is 4.79 Å². The minimum Gasteiger partial charge on any atom is -0.344 e. The van der Waals surface area contributed by atoms with E-state index in [1.54, 1.807) is 11.4 Å². The SMILES string of the molecule is C#CC#CC#CC#CC#CC#CC#CC#CC#CNC(=O)NC(C)C(=O)NC(CCCCC)c1nnc2c(Cl)c(C)[nH]n12. The summed E-state index contributed by atoms with van der Waals surface area (Å²) in [6.07, 6.45) is 8.45. The molecule has 210 valence electrons. The van der Waals surface area contributed by atoms with E-state index in [9.17, 15) is 9.59 Å². The van der Waals surface area contributed by atoms with E-state index in [0.29, 0.717) is 22.9 Å². The molecule has 2 atom stereocenters. The van der Waals surface area contributed by atoms with Gasteiger partial charge in [0.2, 0.25) is 5.91 Å². The third kappa shape index (κ3) is 11.8. The minimum absolute atomic E-state index is 0.400. The largest absolute Gasteiger partial charge is 0.344 e. The monoisotopic (exact) mass is 585 g/mol. The highest BCUT2D eigenvalue weighted by molar-refractivity contribution is 6.34. The van der Waals surface area contributed by atoms with Crippen molar-refractivity contribution in [3.63, 3.8) is 0 Å². The van der Waals surface area contributed by atoms with Crippen LogP contribution < -0.4 is 16.0 Å². The summed E-state index contributed by atoms with van der Waals surface area (Å²) in [6, 6.07) is 0.405. The molecule has 2 aromatic rings. The normalized spacial score (nSPS) is 9.65. The van der Waals surface area contributed by atoms with Crippen LogP contribution in [0.15, 0.2) is 0 Å². The second kappa shape index (κ2) is 18.9. The van der Waals surface area contributed by atoms with Crippen LogP contribution in [0, 0.1) is 114 Å². The van der Waals surface area contributed by atoms with E-state index in [-0.39, 0.29) is 0 Å². The fourth-order valence-corrected chi connectivity index (χ4v) is 3.34. The van der Waals surface area contributed by atoms with Gasteiger partial charge in [0.15, 0.2) is 11.5 Å². The lowest BCUT2D eigenvalue weighted by atomic mass is 10.1. The molecule has 2 aromatic heterocycles. The number of aromatic nitrogens is 4. The Morgan fingerprint density at radius 1 is 0.884 bits per heavy atom. The lowest BCUT2D eigenvalue weighted by molar-refractivity contribution is -0.123. The summed E-state index contributed by atoms with van der Waals surface area (Å²) < 4.78 is 1.66. The van der Waals surface area contributed by atoms with Gasteiger partial charge >= 0.3 is 6.03 Å². The fourth-order valence-electron chi connectivity index (χ4n) is 3.18. The molecule has 0 radical (unpaired) electrons. The molecule has 2 rings (SSSR count). The molecule has 0 aromatic carbocycles. The molecule has 0 aliphatic carbocycles. The Morgan fingerprint density at radius 3 is 2.00 bits per heavy atom. The highest BCUT2D eigenvalue weighted by atomic mass is 35.5. The van der Waals surface area contributed by atoms with E-state index in [0.717, 1.165) is 25.0 Å². The quantitative estimate of drug-likeness (QED) is 0.216. The van der Waals surface area contributed by atoms with Gasteiger partial charge in [-0.05, 0) is 67.6 Å². The molecule has 0 spiro atoms. The number of nitrogens with one attached hydrogen (secondary N) is 4. The van der Waals surface area contributed by atoms with Gasteiger partial charge in [0, 0.05) is 53.4 Å². The molecule has 2 unspecified atom stereocenters. The smallest absolute Gasteiger partial charge is 0.327 e. The number of hydrogen-bond acceptors (Lipinski definition) is 4. The van der Waals surface area contributed by atoms with Crippen molar-refractivity contribution in [1.29, 1.82) is 0 Å². The molecular weight excluding hydrogens is 562 g/mol. The van der Waals surface area contributed by atoms with Gasteiger partial charge in [0.05, 0.1) is 11.7 Å². The van der Waals surface area contributed by atoms with Crippen molar-refractivity contribution < 1.29 is 9.59 Å². The Kier molecular flexibility index (Phi) is 14.5. The number of rotatable bonds is 8. The van der Waals surface area contributed by atoms with E-state index < -0.39 is 24.0 Å². The van der Waals surface area contributed by atoms with Crippen LogP contribution >= 0.6 is 11.6 Å². The average Bonchev–Trinajstić information content (AvgIpc) is 3.52. The molecule has 0 bridgehead atoms. The number of amides is 3. The predicted octanol–water partition coefficient (Wildman–Crippen LogP) is 2.06. The summed E-state index contributed by atoms with van der Waals surface area (Å²) in [5.74, 6) is 39.0. The van der Waals surface area contributed by atoms with Gasteiger partial charge in [-0.3, -0.25) is 15.2 Å². The number of H-pyrrole nitrogens is 1. The standard InChI is InChI=1S/C33H24ClN7O2/c1-5-7-9-10-11-12-13-14-15-16-17-18-19-20-21-23-25-35-33(43)36-27(4)32(42)37-28(24-22-8-6-2)30-38-39-31-29(34)26(3)40-41(30)31/h1,27-28,40H,6,8,22,24H2,2-4H3,(H,37,42)(H2,35,36,43). The molecule has 0 saturated carbocycles. The number of nitrogens with zero attached hydrogens (tertiary/aromatic N) is 3. The third-order valence-corrected chi connectivity index (χ3v) is 5.60. The van der Waals surface area contributed by atoms with Crippen LogP contribution in [0.2, 0.25) is 5.02 Å². The number of hydrogen-bond donors (Lipinski definition) is 4. The Hall–Kier alpha value is -6.25. The van der Waals surface area contributed by atoms with Crippen LogP contribution in [0.4, 0.5) is 4.79 Å². The number of aromatic amines is 1. The number of carbonyl (C=O) groups excluding carboxylic acids is 2. The van der Waals surface area contributed by atoms with Crippen molar-refractivity contribution in [2.45, 2.75) is 58.5 Å². The maximum atomic E-state index is 12.9. The van der Waals surface area contributed by atoms with E-state index >= 15 is 0 Å². The number of fused-ring (bicyclic) bond motifs is 1. The zero-order valence-corrected chi connectivity index (χ0v) is 24.4. The van der Waals surface area contributed by atoms with Gasteiger partial charge in [-0.15, -0.1) is 16.6 Å². The van der Waals surface area contributed by atoms with Crippen LogP contribution in [0.3, 0.4) is 0 Å². The van der Waals surface area contributed by atoms with Gasteiger partial charge in [0.25, 0.3) is 0 Å². The highest BCUT2D eigenvalue weighted by Gasteiger charge is 2.25. The minimum atomic E-state index is -0.862. The summed E-state index contributed by atoms with van der Waals surface area (Å²) in [7, 11) is 0. The second-order valence-electron chi connectivity index (χ2n) is 8.29. The topological polar surface area (TPSA) is 116 Å². The van der Waals surface area contributed by atoms with Gasteiger partial charge in [-0.1, -0.05) is 37.8 Å². The molecule has 0 saturated heterocycles. The molecule has 43 heavy (non-hydrogen) atoms. The van der Waals surface area contributed by atoms with Gasteiger partial charge < -0.3 is 10.6 Å². The first kappa shape index (κ1) is 33.0. The fraction of sp³-hybridized carbons (Fsp3) is 0.273. The molecule has 0 aliphatic rings. The number of aryl methyl sites for hydroxylation is 1. The van der Waals surface area contributed by atoms with Gasteiger partial charge in [0.1, 0.15) is 11.1 Å². The van der Waals surface area contributed by atoms with Gasteiger partial charge in [-0.2, -0.15) is 0 Å². The Labute approximate surface area is 256 Å². The highest BCUT2D eigenvalue weighted by Crippen LogP contribution is 2.24. The second-order valence-corrected chi connectivity index (χ2v) is 8.67. The van der Waals surface area contributed by atoms with Crippen LogP contribution in [-0.4, -0.2) is 37.8 Å². The van der Waals surface area contributed by atoms with Crippen molar-refractivity contribution in [1.82, 2.24) is 35.8 Å². The maximum absolute atomic E-state index is 12.9. The zero-order chi connectivity index (χ0) is 31.3. The third-order valence-electron chi connectivity index (χ3n) is 5.14. The molecular formula is C33H24ClN7O2. The first-order chi connectivity index (χ1) is 20.9. The lowest BCUT2D eigenvalue weighted by Gasteiger charge is -2.20. The summed E-state index contributed by atoms with van der Waals surface area (Å²) >= 11 is 6.28. The van der Waals surface area contributed by atoms with E-state index in [1.807, 2.05) is 6.92 Å². The molecule has 3 amide bonds. The van der Waals surface area contributed by atoms with Crippen molar-refractivity contribution in [3.8, 4) is 107 Å². The summed E-state index contributed by atoms with van der Waals surface area (Å²) in [4.78, 5) is 25.1. The molecule has 10 heteroatoms. The molecule has 0 aliphatic heterocycles.